The monoisotopic (exact) mass is 537 g/mol. The molecule has 10 nitrogen and oxygen atoms in total. The average molecular weight is 538 g/mol. The first-order chi connectivity index (χ1) is 17.6. The van der Waals surface area contributed by atoms with E-state index < -0.39 is 47.9 Å². The number of carboxylic acids is 1. The lowest BCUT2D eigenvalue weighted by Gasteiger charge is -2.26. The topological polar surface area (TPSA) is 177 Å². The molecule has 0 radical (unpaired) electrons. The molecule has 208 valence electrons. The molecule has 11 heteroatoms. The van der Waals surface area contributed by atoms with Crippen molar-refractivity contribution in [2.45, 2.75) is 76.5 Å². The fraction of sp³-hybridized carbons (Fsp3) is 0.615. The van der Waals surface area contributed by atoms with Gasteiger partial charge in [-0.25, -0.2) is 4.79 Å². The maximum absolute atomic E-state index is 13.4. The van der Waals surface area contributed by atoms with Crippen molar-refractivity contribution in [1.82, 2.24) is 16.0 Å². The number of benzene rings is 1. The molecule has 0 fully saturated rings. The molecule has 1 rings (SSSR count). The molecule has 5 unspecified atom stereocenters. The first kappa shape index (κ1) is 32.4. The number of nitrogens with one attached hydrogen (secondary N) is 3. The molecular weight excluding hydrogens is 494 g/mol. The lowest BCUT2D eigenvalue weighted by molar-refractivity contribution is -0.144. The minimum Gasteiger partial charge on any atom is -0.480 e. The van der Waals surface area contributed by atoms with Gasteiger partial charge in [-0.05, 0) is 55.7 Å². The zero-order valence-electron chi connectivity index (χ0n) is 22.1. The van der Waals surface area contributed by atoms with Crippen LogP contribution >= 0.6 is 11.8 Å². The minimum atomic E-state index is -1.14. The highest BCUT2D eigenvalue weighted by Crippen LogP contribution is 2.11. The molecule has 0 aliphatic heterocycles. The van der Waals surface area contributed by atoms with Crippen LogP contribution in [0.3, 0.4) is 0 Å². The van der Waals surface area contributed by atoms with Gasteiger partial charge < -0.3 is 32.5 Å². The number of aliphatic carboxylic acids is 1. The summed E-state index contributed by atoms with van der Waals surface area (Å²) in [6, 6.07) is 5.40. The lowest BCUT2D eigenvalue weighted by Crippen LogP contribution is -2.58. The second-order valence-corrected chi connectivity index (χ2v) is 10.2. The molecule has 1 aromatic carbocycles. The van der Waals surface area contributed by atoms with Crippen molar-refractivity contribution < 1.29 is 24.3 Å². The van der Waals surface area contributed by atoms with Gasteiger partial charge in [0.15, 0.2) is 0 Å². The summed E-state index contributed by atoms with van der Waals surface area (Å²) in [5.41, 5.74) is 12.4. The molecule has 0 aliphatic carbocycles. The zero-order chi connectivity index (χ0) is 27.8. The summed E-state index contributed by atoms with van der Waals surface area (Å²) in [4.78, 5) is 51.0. The highest BCUT2D eigenvalue weighted by Gasteiger charge is 2.31. The van der Waals surface area contributed by atoms with Crippen LogP contribution in [0.2, 0.25) is 0 Å². The van der Waals surface area contributed by atoms with Gasteiger partial charge in [-0.3, -0.25) is 14.4 Å². The largest absolute Gasteiger partial charge is 0.480 e. The summed E-state index contributed by atoms with van der Waals surface area (Å²) in [6.07, 6.45) is 4.62. The Labute approximate surface area is 224 Å². The van der Waals surface area contributed by atoms with E-state index in [4.69, 9.17) is 11.5 Å². The number of hydrogen-bond donors (Lipinski definition) is 6. The van der Waals surface area contributed by atoms with E-state index in [1.807, 2.05) is 43.5 Å². The average Bonchev–Trinajstić information content (AvgIpc) is 2.89. The number of thioether (sulfide) groups is 1. The van der Waals surface area contributed by atoms with Crippen molar-refractivity contribution in [1.29, 1.82) is 0 Å². The van der Waals surface area contributed by atoms with Crippen LogP contribution in [0, 0.1) is 5.92 Å². The summed E-state index contributed by atoms with van der Waals surface area (Å²) in [6.45, 7) is 4.01. The number of hydrogen-bond acceptors (Lipinski definition) is 7. The van der Waals surface area contributed by atoms with Gasteiger partial charge in [-0.1, -0.05) is 50.6 Å². The normalized spacial score (nSPS) is 15.1. The van der Waals surface area contributed by atoms with Gasteiger partial charge in [-0.2, -0.15) is 11.8 Å². The molecule has 0 aromatic heterocycles. The SMILES string of the molecule is CCC(C)C(NC(=O)C(CCCCN)NC(=O)C(Cc1ccccc1)NC(=O)C(N)CCSC)C(=O)O. The van der Waals surface area contributed by atoms with E-state index in [2.05, 4.69) is 16.0 Å². The Kier molecular flexibility index (Phi) is 15.6. The summed E-state index contributed by atoms with van der Waals surface area (Å²) < 4.78 is 0. The summed E-state index contributed by atoms with van der Waals surface area (Å²) >= 11 is 1.57. The quantitative estimate of drug-likeness (QED) is 0.150. The number of carbonyl (C=O) groups is 4. The fourth-order valence-electron chi connectivity index (χ4n) is 3.68. The third-order valence-electron chi connectivity index (χ3n) is 6.24. The number of amides is 3. The first-order valence-corrected chi connectivity index (χ1v) is 14.2. The highest BCUT2D eigenvalue weighted by atomic mass is 32.2. The predicted octanol–water partition coefficient (Wildman–Crippen LogP) is 1.02. The second kappa shape index (κ2) is 17.8. The molecule has 0 bridgehead atoms. The van der Waals surface area contributed by atoms with E-state index in [-0.39, 0.29) is 18.8 Å². The van der Waals surface area contributed by atoms with Crippen LogP contribution in [0.15, 0.2) is 30.3 Å². The molecular formula is C26H43N5O5S. The van der Waals surface area contributed by atoms with E-state index in [1.54, 1.807) is 18.7 Å². The van der Waals surface area contributed by atoms with Crippen molar-refractivity contribution in [2.24, 2.45) is 17.4 Å². The van der Waals surface area contributed by atoms with Crippen molar-refractivity contribution in [3.63, 3.8) is 0 Å². The van der Waals surface area contributed by atoms with Crippen LogP contribution in [0.5, 0.6) is 0 Å². The molecule has 0 spiro atoms. The van der Waals surface area contributed by atoms with E-state index in [0.29, 0.717) is 38.0 Å². The highest BCUT2D eigenvalue weighted by molar-refractivity contribution is 7.98. The third kappa shape index (κ3) is 12.0. The standard InChI is InChI=1S/C26H43N5O5S/c1-4-17(2)22(26(35)36)31-24(33)20(12-8-9-14-27)29-25(34)21(16-18-10-6-5-7-11-18)30-23(32)19(28)13-15-37-3/h5-7,10-11,17,19-22H,4,8-9,12-16,27-28H2,1-3H3,(H,29,34)(H,30,32)(H,31,33)(H,35,36). The number of rotatable bonds is 18. The summed E-state index contributed by atoms with van der Waals surface area (Å²) in [5.74, 6) is -2.30. The molecule has 3 amide bonds. The van der Waals surface area contributed by atoms with Gasteiger partial charge in [0.25, 0.3) is 0 Å². The van der Waals surface area contributed by atoms with Gasteiger partial charge in [0, 0.05) is 6.42 Å². The molecule has 5 atom stereocenters. The van der Waals surface area contributed by atoms with Crippen LogP contribution in [0.25, 0.3) is 0 Å². The Bertz CT molecular complexity index is 857. The first-order valence-electron chi connectivity index (χ1n) is 12.8. The molecule has 0 saturated heterocycles. The second-order valence-electron chi connectivity index (χ2n) is 9.19. The van der Waals surface area contributed by atoms with Crippen LogP contribution in [0.4, 0.5) is 0 Å². The Morgan fingerprint density at radius 2 is 1.57 bits per heavy atom. The Hall–Kier alpha value is -2.63. The van der Waals surface area contributed by atoms with Crippen molar-refractivity contribution in [3.05, 3.63) is 35.9 Å². The van der Waals surface area contributed by atoms with Gasteiger partial charge >= 0.3 is 5.97 Å². The third-order valence-corrected chi connectivity index (χ3v) is 6.89. The molecule has 0 aliphatic rings. The van der Waals surface area contributed by atoms with Crippen molar-refractivity contribution in [2.75, 3.05) is 18.6 Å². The van der Waals surface area contributed by atoms with E-state index >= 15 is 0 Å². The van der Waals surface area contributed by atoms with Crippen molar-refractivity contribution >= 4 is 35.5 Å². The van der Waals surface area contributed by atoms with E-state index in [0.717, 1.165) is 5.56 Å². The van der Waals surface area contributed by atoms with Gasteiger partial charge in [-0.15, -0.1) is 0 Å². The van der Waals surface area contributed by atoms with Crippen LogP contribution in [-0.4, -0.2) is 71.5 Å². The smallest absolute Gasteiger partial charge is 0.326 e. The Morgan fingerprint density at radius 1 is 0.946 bits per heavy atom. The Balaban J connectivity index is 3.10. The molecule has 0 heterocycles. The maximum atomic E-state index is 13.4. The van der Waals surface area contributed by atoms with Gasteiger partial charge in [0.05, 0.1) is 6.04 Å². The number of unbranched alkanes of at least 4 members (excludes halogenated alkanes) is 1. The van der Waals surface area contributed by atoms with Crippen LogP contribution < -0.4 is 27.4 Å². The predicted molar refractivity (Wildman–Crippen MR) is 147 cm³/mol. The van der Waals surface area contributed by atoms with Crippen LogP contribution in [-0.2, 0) is 25.6 Å². The maximum Gasteiger partial charge on any atom is 0.326 e. The minimum absolute atomic E-state index is 0.204. The molecule has 0 saturated carbocycles. The summed E-state index contributed by atoms with van der Waals surface area (Å²) in [5, 5.41) is 17.6. The number of carboxylic acid groups (broad SMARTS) is 1. The lowest BCUT2D eigenvalue weighted by atomic mass is 9.98. The Morgan fingerprint density at radius 3 is 2.14 bits per heavy atom. The van der Waals surface area contributed by atoms with Gasteiger partial charge in [0.1, 0.15) is 18.1 Å². The zero-order valence-corrected chi connectivity index (χ0v) is 22.9. The van der Waals surface area contributed by atoms with Crippen molar-refractivity contribution in [3.8, 4) is 0 Å². The summed E-state index contributed by atoms with van der Waals surface area (Å²) in [7, 11) is 0. The van der Waals surface area contributed by atoms with E-state index in [1.165, 1.54) is 0 Å². The molecule has 1 aromatic rings. The van der Waals surface area contributed by atoms with Crippen LogP contribution in [0.1, 0.15) is 51.5 Å². The number of carbonyl (C=O) groups excluding carboxylic acids is 3. The number of nitrogens with two attached hydrogens (primary N) is 2. The molecule has 8 N–H and O–H groups in total. The fourth-order valence-corrected chi connectivity index (χ4v) is 4.17. The van der Waals surface area contributed by atoms with E-state index in [9.17, 15) is 24.3 Å². The molecule has 37 heavy (non-hydrogen) atoms. The van der Waals surface area contributed by atoms with Gasteiger partial charge in [0.2, 0.25) is 17.7 Å².